The van der Waals surface area contributed by atoms with Crippen LogP contribution in [0.3, 0.4) is 0 Å². The lowest BCUT2D eigenvalue weighted by Crippen LogP contribution is -2.24. The molecule has 150 valence electrons. The van der Waals surface area contributed by atoms with Crippen LogP contribution in [0.2, 0.25) is 0 Å². The van der Waals surface area contributed by atoms with Crippen molar-refractivity contribution in [3.05, 3.63) is 62.8 Å². The summed E-state index contributed by atoms with van der Waals surface area (Å²) in [4.78, 5) is 32.4. The predicted octanol–water partition coefficient (Wildman–Crippen LogP) is 4.48. The summed E-state index contributed by atoms with van der Waals surface area (Å²) < 4.78 is 1.63. The number of nitrogens with zero attached hydrogens (tertiary/aromatic N) is 2. The SMILES string of the molecule is C=CCn1c(SCC(=O)Nc2ccc(C)cc2C)nc2sc3c(c2c1=O)CCC3. The van der Waals surface area contributed by atoms with Crippen LogP contribution in [-0.4, -0.2) is 21.2 Å². The van der Waals surface area contributed by atoms with Gasteiger partial charge < -0.3 is 5.32 Å². The molecule has 1 amide bonds. The van der Waals surface area contributed by atoms with Crippen molar-refractivity contribution in [3.8, 4) is 0 Å². The second-order valence-corrected chi connectivity index (χ2v) is 9.32. The van der Waals surface area contributed by atoms with Crippen LogP contribution >= 0.6 is 23.1 Å². The quantitative estimate of drug-likeness (QED) is 0.359. The van der Waals surface area contributed by atoms with Crippen LogP contribution in [-0.2, 0) is 24.2 Å². The highest BCUT2D eigenvalue weighted by atomic mass is 32.2. The minimum atomic E-state index is -0.116. The van der Waals surface area contributed by atoms with E-state index in [1.54, 1.807) is 22.0 Å². The Balaban J connectivity index is 1.58. The Hall–Kier alpha value is -2.38. The number of aryl methyl sites for hydroxylation is 4. The molecule has 1 aliphatic carbocycles. The van der Waals surface area contributed by atoms with E-state index in [1.165, 1.54) is 22.2 Å². The molecule has 29 heavy (non-hydrogen) atoms. The Morgan fingerprint density at radius 1 is 1.38 bits per heavy atom. The molecule has 2 heterocycles. The Bertz CT molecular complexity index is 1180. The van der Waals surface area contributed by atoms with Crippen LogP contribution in [0.4, 0.5) is 5.69 Å². The predicted molar refractivity (Wildman–Crippen MR) is 121 cm³/mol. The average Bonchev–Trinajstić information content (AvgIpc) is 3.25. The Morgan fingerprint density at radius 3 is 2.97 bits per heavy atom. The Labute approximate surface area is 177 Å². The lowest BCUT2D eigenvalue weighted by Gasteiger charge is -2.12. The second kappa shape index (κ2) is 8.16. The van der Waals surface area contributed by atoms with Crippen LogP contribution < -0.4 is 10.9 Å². The number of aromatic nitrogens is 2. The van der Waals surface area contributed by atoms with E-state index in [2.05, 4.69) is 11.9 Å². The van der Waals surface area contributed by atoms with Crippen LogP contribution in [0.5, 0.6) is 0 Å². The van der Waals surface area contributed by atoms with Crippen LogP contribution in [0.15, 0.2) is 40.8 Å². The number of amides is 1. The van der Waals surface area contributed by atoms with Crippen LogP contribution in [0, 0.1) is 13.8 Å². The van der Waals surface area contributed by atoms with Gasteiger partial charge in [-0.2, -0.15) is 0 Å². The molecular weight excluding hydrogens is 402 g/mol. The molecule has 1 aromatic carbocycles. The van der Waals surface area contributed by atoms with E-state index in [9.17, 15) is 9.59 Å². The molecule has 7 heteroatoms. The standard InChI is InChI=1S/C22H23N3O2S2/c1-4-10-25-21(27)19-15-6-5-7-17(15)29-20(19)24-22(25)28-12-18(26)23-16-9-8-13(2)11-14(16)3/h4,8-9,11H,1,5-7,10,12H2,2-3H3,(H,23,26). The highest BCUT2D eigenvalue weighted by molar-refractivity contribution is 7.99. The van der Waals surface area contributed by atoms with Gasteiger partial charge in [-0.25, -0.2) is 4.98 Å². The van der Waals surface area contributed by atoms with E-state index in [-0.39, 0.29) is 17.2 Å². The van der Waals surface area contributed by atoms with Crippen molar-refractivity contribution in [1.29, 1.82) is 0 Å². The van der Waals surface area contributed by atoms with E-state index in [1.807, 2.05) is 32.0 Å². The zero-order valence-corrected chi connectivity index (χ0v) is 18.2. The molecule has 4 rings (SSSR count). The number of thiophene rings is 1. The van der Waals surface area contributed by atoms with Crippen LogP contribution in [0.25, 0.3) is 10.2 Å². The molecule has 1 N–H and O–H groups in total. The molecule has 0 atom stereocenters. The number of carbonyl (C=O) groups is 1. The summed E-state index contributed by atoms with van der Waals surface area (Å²) in [6, 6.07) is 5.93. The maximum Gasteiger partial charge on any atom is 0.263 e. The van der Waals surface area contributed by atoms with E-state index >= 15 is 0 Å². The first-order valence-corrected chi connectivity index (χ1v) is 11.4. The molecule has 5 nitrogen and oxygen atoms in total. The first kappa shape index (κ1) is 19.9. The fourth-order valence-corrected chi connectivity index (χ4v) is 5.84. The first-order valence-electron chi connectivity index (χ1n) is 9.64. The Kier molecular flexibility index (Phi) is 5.61. The highest BCUT2D eigenvalue weighted by Gasteiger charge is 2.23. The largest absolute Gasteiger partial charge is 0.325 e. The highest BCUT2D eigenvalue weighted by Crippen LogP contribution is 2.35. The lowest BCUT2D eigenvalue weighted by atomic mass is 10.1. The molecular formula is C22H23N3O2S2. The second-order valence-electron chi connectivity index (χ2n) is 7.29. The summed E-state index contributed by atoms with van der Waals surface area (Å²) >= 11 is 2.91. The lowest BCUT2D eigenvalue weighted by molar-refractivity contribution is -0.113. The monoisotopic (exact) mass is 425 g/mol. The van der Waals surface area contributed by atoms with Gasteiger partial charge in [0, 0.05) is 17.1 Å². The minimum absolute atomic E-state index is 0.0217. The number of allylic oxidation sites excluding steroid dienone is 1. The molecule has 0 saturated heterocycles. The summed E-state index contributed by atoms with van der Waals surface area (Å²) in [7, 11) is 0. The van der Waals surface area contributed by atoms with Gasteiger partial charge >= 0.3 is 0 Å². The van der Waals surface area contributed by atoms with Crippen molar-refractivity contribution < 1.29 is 4.79 Å². The van der Waals surface area contributed by atoms with Crippen molar-refractivity contribution in [3.63, 3.8) is 0 Å². The number of benzene rings is 1. The first-order chi connectivity index (χ1) is 14.0. The molecule has 0 aliphatic heterocycles. The molecule has 0 fully saturated rings. The van der Waals surface area contributed by atoms with Gasteiger partial charge in [-0.05, 0) is 50.3 Å². The van der Waals surface area contributed by atoms with Gasteiger partial charge in [0.1, 0.15) is 4.83 Å². The van der Waals surface area contributed by atoms with Gasteiger partial charge in [0.15, 0.2) is 5.16 Å². The summed E-state index contributed by atoms with van der Waals surface area (Å²) in [6.45, 7) is 8.15. The number of hydrogen-bond acceptors (Lipinski definition) is 5. The zero-order valence-electron chi connectivity index (χ0n) is 16.6. The fourth-order valence-electron chi connectivity index (χ4n) is 3.73. The molecule has 0 saturated carbocycles. The molecule has 1 aliphatic rings. The molecule has 0 unspecified atom stereocenters. The molecule has 0 radical (unpaired) electrons. The normalized spacial score (nSPS) is 12.9. The molecule has 0 spiro atoms. The van der Waals surface area contributed by atoms with E-state index in [0.29, 0.717) is 11.7 Å². The summed E-state index contributed by atoms with van der Waals surface area (Å²) in [5.74, 6) is 0.0724. The maximum absolute atomic E-state index is 13.1. The van der Waals surface area contributed by atoms with Crippen molar-refractivity contribution in [2.75, 3.05) is 11.1 Å². The van der Waals surface area contributed by atoms with Crippen molar-refractivity contribution in [1.82, 2.24) is 9.55 Å². The molecule has 0 bridgehead atoms. The number of rotatable bonds is 6. The summed E-state index contributed by atoms with van der Waals surface area (Å²) in [5, 5.41) is 4.28. The van der Waals surface area contributed by atoms with E-state index < -0.39 is 0 Å². The van der Waals surface area contributed by atoms with Crippen molar-refractivity contribution in [2.45, 2.75) is 44.8 Å². The number of fused-ring (bicyclic) bond motifs is 3. The third-order valence-corrected chi connectivity index (χ3v) is 7.25. The summed E-state index contributed by atoms with van der Waals surface area (Å²) in [6.07, 6.45) is 4.78. The van der Waals surface area contributed by atoms with Gasteiger partial charge in [-0.3, -0.25) is 14.2 Å². The van der Waals surface area contributed by atoms with Crippen molar-refractivity contribution in [2.24, 2.45) is 0 Å². The van der Waals surface area contributed by atoms with Gasteiger partial charge in [0.2, 0.25) is 5.91 Å². The van der Waals surface area contributed by atoms with Gasteiger partial charge in [0.25, 0.3) is 5.56 Å². The van der Waals surface area contributed by atoms with Crippen molar-refractivity contribution >= 4 is 44.9 Å². The third kappa shape index (κ3) is 3.89. The number of nitrogens with one attached hydrogen (secondary N) is 1. The zero-order chi connectivity index (χ0) is 20.5. The number of carbonyl (C=O) groups excluding carboxylic acids is 1. The van der Waals surface area contributed by atoms with Gasteiger partial charge in [-0.15, -0.1) is 17.9 Å². The topological polar surface area (TPSA) is 64.0 Å². The average molecular weight is 426 g/mol. The molecule has 2 aromatic heterocycles. The number of thioether (sulfide) groups is 1. The van der Waals surface area contributed by atoms with Gasteiger partial charge in [-0.1, -0.05) is 35.5 Å². The smallest absolute Gasteiger partial charge is 0.263 e. The Morgan fingerprint density at radius 2 is 2.21 bits per heavy atom. The van der Waals surface area contributed by atoms with Gasteiger partial charge in [0.05, 0.1) is 11.1 Å². The fraction of sp³-hybridized carbons (Fsp3) is 0.318. The number of hydrogen-bond donors (Lipinski definition) is 1. The van der Waals surface area contributed by atoms with E-state index in [0.717, 1.165) is 46.3 Å². The van der Waals surface area contributed by atoms with E-state index in [4.69, 9.17) is 4.98 Å². The number of anilines is 1. The minimum Gasteiger partial charge on any atom is -0.325 e. The maximum atomic E-state index is 13.1. The third-order valence-electron chi connectivity index (χ3n) is 5.09. The molecule has 3 aromatic rings. The van der Waals surface area contributed by atoms with Crippen LogP contribution in [0.1, 0.15) is 28.0 Å². The summed E-state index contributed by atoms with van der Waals surface area (Å²) in [5.41, 5.74) is 4.14.